The molecule has 0 aliphatic heterocycles. The highest BCUT2D eigenvalue weighted by Crippen LogP contribution is 2.28. The number of anilines is 1. The molecule has 0 atom stereocenters. The first-order valence-corrected chi connectivity index (χ1v) is 5.74. The summed E-state index contributed by atoms with van der Waals surface area (Å²) >= 11 is 0. The Morgan fingerprint density at radius 1 is 1.35 bits per heavy atom. The summed E-state index contributed by atoms with van der Waals surface area (Å²) in [6.45, 7) is 3.51. The fourth-order valence-electron chi connectivity index (χ4n) is 1.57. The number of ether oxygens (including phenoxy) is 1. The molecule has 0 bridgehead atoms. The maximum absolute atomic E-state index is 10.7. The lowest BCUT2D eigenvalue weighted by atomic mass is 10.2. The summed E-state index contributed by atoms with van der Waals surface area (Å²) in [5.41, 5.74) is 3.70. The molecule has 8 nitrogen and oxygen atoms in total. The van der Waals surface area contributed by atoms with E-state index in [1.165, 1.54) is 18.2 Å². The van der Waals surface area contributed by atoms with Crippen LogP contribution in [0, 0.1) is 24.0 Å². The minimum atomic E-state index is -0.455. The standard InChI is InChI=1S/C12H13N5O3/c1-7-5-9(17(18)19)3-4-10(7)20-11-8(2)6-14-12(15-11)16-13/h3-6H,13H2,1-2H3,(H,14,15,16). The fourth-order valence-corrected chi connectivity index (χ4v) is 1.57. The zero-order chi connectivity index (χ0) is 14.7. The number of nitrogen functional groups attached to an aromatic ring is 1. The van der Waals surface area contributed by atoms with Gasteiger partial charge in [0.1, 0.15) is 5.75 Å². The average molecular weight is 275 g/mol. The molecule has 0 amide bonds. The molecule has 1 aromatic carbocycles. The van der Waals surface area contributed by atoms with Gasteiger partial charge in [-0.25, -0.2) is 10.8 Å². The summed E-state index contributed by atoms with van der Waals surface area (Å²) in [5.74, 6) is 6.29. The van der Waals surface area contributed by atoms with Crippen LogP contribution < -0.4 is 16.0 Å². The van der Waals surface area contributed by atoms with E-state index >= 15 is 0 Å². The lowest BCUT2D eigenvalue weighted by molar-refractivity contribution is -0.384. The van der Waals surface area contributed by atoms with Crippen molar-refractivity contribution in [2.24, 2.45) is 5.84 Å². The Labute approximate surface area is 114 Å². The Bertz CT molecular complexity index is 660. The van der Waals surface area contributed by atoms with Gasteiger partial charge in [0.2, 0.25) is 11.8 Å². The first-order valence-electron chi connectivity index (χ1n) is 5.74. The second-order valence-electron chi connectivity index (χ2n) is 4.14. The second kappa shape index (κ2) is 5.49. The molecular formula is C12H13N5O3. The lowest BCUT2D eigenvalue weighted by Gasteiger charge is -2.10. The SMILES string of the molecule is Cc1cc([N+](=O)[O-])ccc1Oc1nc(NN)ncc1C. The first kappa shape index (κ1) is 13.7. The monoisotopic (exact) mass is 275 g/mol. The van der Waals surface area contributed by atoms with Crippen LogP contribution in [-0.2, 0) is 0 Å². The zero-order valence-corrected chi connectivity index (χ0v) is 11.0. The molecule has 0 fully saturated rings. The number of hydrogen-bond donors (Lipinski definition) is 2. The minimum absolute atomic E-state index is 0.0126. The number of nitro groups is 1. The van der Waals surface area contributed by atoms with Crippen LogP contribution in [0.1, 0.15) is 11.1 Å². The smallest absolute Gasteiger partial charge is 0.269 e. The molecule has 2 aromatic rings. The van der Waals surface area contributed by atoms with E-state index in [1.807, 2.05) is 0 Å². The van der Waals surface area contributed by atoms with Crippen LogP contribution in [0.2, 0.25) is 0 Å². The Hall–Kier alpha value is -2.74. The van der Waals surface area contributed by atoms with Crippen molar-refractivity contribution in [3.8, 4) is 11.6 Å². The lowest BCUT2D eigenvalue weighted by Crippen LogP contribution is -2.11. The topological polar surface area (TPSA) is 116 Å². The molecule has 0 aliphatic rings. The van der Waals surface area contributed by atoms with Gasteiger partial charge in [-0.15, -0.1) is 0 Å². The summed E-state index contributed by atoms with van der Waals surface area (Å²) in [6, 6.07) is 4.35. The summed E-state index contributed by atoms with van der Waals surface area (Å²) in [5, 5.41) is 10.7. The van der Waals surface area contributed by atoms with Crippen LogP contribution in [0.25, 0.3) is 0 Å². The van der Waals surface area contributed by atoms with Gasteiger partial charge in [0.25, 0.3) is 5.69 Å². The molecule has 0 aliphatic carbocycles. The van der Waals surface area contributed by atoms with Crippen LogP contribution in [0.4, 0.5) is 11.6 Å². The van der Waals surface area contributed by atoms with E-state index in [1.54, 1.807) is 20.0 Å². The van der Waals surface area contributed by atoms with E-state index in [0.29, 0.717) is 17.2 Å². The average Bonchev–Trinajstić information content (AvgIpc) is 2.43. The highest BCUT2D eigenvalue weighted by molar-refractivity contribution is 5.45. The fraction of sp³-hybridized carbons (Fsp3) is 0.167. The maximum Gasteiger partial charge on any atom is 0.269 e. The minimum Gasteiger partial charge on any atom is -0.438 e. The molecule has 0 spiro atoms. The number of rotatable bonds is 4. The number of aryl methyl sites for hydroxylation is 2. The van der Waals surface area contributed by atoms with Gasteiger partial charge in [-0.1, -0.05) is 0 Å². The van der Waals surface area contributed by atoms with E-state index in [-0.39, 0.29) is 11.6 Å². The van der Waals surface area contributed by atoms with Gasteiger partial charge >= 0.3 is 0 Å². The van der Waals surface area contributed by atoms with Crippen molar-refractivity contribution in [1.82, 2.24) is 9.97 Å². The number of nitro benzene ring substituents is 1. The van der Waals surface area contributed by atoms with Crippen LogP contribution in [0.15, 0.2) is 24.4 Å². The van der Waals surface area contributed by atoms with E-state index < -0.39 is 4.92 Å². The van der Waals surface area contributed by atoms with E-state index in [2.05, 4.69) is 15.4 Å². The third-order valence-electron chi connectivity index (χ3n) is 2.63. The van der Waals surface area contributed by atoms with Crippen molar-refractivity contribution in [1.29, 1.82) is 0 Å². The Kier molecular flexibility index (Phi) is 3.76. The number of hydrogen-bond acceptors (Lipinski definition) is 7. The van der Waals surface area contributed by atoms with Gasteiger partial charge in [-0.05, 0) is 25.5 Å². The normalized spacial score (nSPS) is 10.2. The van der Waals surface area contributed by atoms with Crippen molar-refractivity contribution < 1.29 is 9.66 Å². The number of nitrogens with one attached hydrogen (secondary N) is 1. The van der Waals surface area contributed by atoms with Crippen LogP contribution >= 0.6 is 0 Å². The van der Waals surface area contributed by atoms with Crippen LogP contribution in [0.3, 0.4) is 0 Å². The predicted octanol–water partition coefficient (Wildman–Crippen LogP) is 2.08. The van der Waals surface area contributed by atoms with Gasteiger partial charge in [0.05, 0.1) is 4.92 Å². The van der Waals surface area contributed by atoms with Crippen molar-refractivity contribution in [3.63, 3.8) is 0 Å². The van der Waals surface area contributed by atoms with Gasteiger partial charge in [-0.3, -0.25) is 15.5 Å². The first-order chi connectivity index (χ1) is 9.51. The summed E-state index contributed by atoms with van der Waals surface area (Å²) < 4.78 is 5.65. The van der Waals surface area contributed by atoms with Crippen molar-refractivity contribution >= 4 is 11.6 Å². The predicted molar refractivity (Wildman–Crippen MR) is 72.5 cm³/mol. The molecule has 1 heterocycles. The Balaban J connectivity index is 2.32. The van der Waals surface area contributed by atoms with Gasteiger partial charge in [-0.2, -0.15) is 4.98 Å². The van der Waals surface area contributed by atoms with Crippen LogP contribution in [0.5, 0.6) is 11.6 Å². The highest BCUT2D eigenvalue weighted by Gasteiger charge is 2.11. The second-order valence-corrected chi connectivity index (χ2v) is 4.14. The number of nitrogens with zero attached hydrogens (tertiary/aromatic N) is 3. The number of benzene rings is 1. The molecule has 104 valence electrons. The maximum atomic E-state index is 10.7. The quantitative estimate of drug-likeness (QED) is 0.498. The molecule has 0 saturated heterocycles. The molecule has 2 rings (SSSR count). The highest BCUT2D eigenvalue weighted by atomic mass is 16.6. The van der Waals surface area contributed by atoms with Crippen molar-refractivity contribution in [2.75, 3.05) is 5.43 Å². The molecule has 8 heteroatoms. The number of nitrogens with two attached hydrogens (primary N) is 1. The van der Waals surface area contributed by atoms with Gasteiger partial charge < -0.3 is 4.74 Å². The van der Waals surface area contributed by atoms with Crippen molar-refractivity contribution in [2.45, 2.75) is 13.8 Å². The van der Waals surface area contributed by atoms with Gasteiger partial charge in [0, 0.05) is 23.9 Å². The number of aromatic nitrogens is 2. The number of hydrazine groups is 1. The third kappa shape index (κ3) is 2.81. The molecule has 0 radical (unpaired) electrons. The zero-order valence-electron chi connectivity index (χ0n) is 11.0. The molecule has 0 saturated carbocycles. The Morgan fingerprint density at radius 2 is 2.10 bits per heavy atom. The molecule has 0 unspecified atom stereocenters. The summed E-state index contributed by atoms with van der Waals surface area (Å²) in [4.78, 5) is 18.3. The molecule has 20 heavy (non-hydrogen) atoms. The van der Waals surface area contributed by atoms with E-state index in [4.69, 9.17) is 10.6 Å². The Morgan fingerprint density at radius 3 is 2.70 bits per heavy atom. The molecule has 3 N–H and O–H groups in total. The van der Waals surface area contributed by atoms with Gasteiger partial charge in [0.15, 0.2) is 0 Å². The molecular weight excluding hydrogens is 262 g/mol. The third-order valence-corrected chi connectivity index (χ3v) is 2.63. The summed E-state index contributed by atoms with van der Waals surface area (Å²) in [7, 11) is 0. The molecule has 1 aromatic heterocycles. The number of non-ortho nitro benzene ring substituents is 1. The summed E-state index contributed by atoms with van der Waals surface area (Å²) in [6.07, 6.45) is 1.57. The van der Waals surface area contributed by atoms with E-state index in [9.17, 15) is 10.1 Å². The van der Waals surface area contributed by atoms with Crippen LogP contribution in [-0.4, -0.2) is 14.9 Å². The largest absolute Gasteiger partial charge is 0.438 e. The van der Waals surface area contributed by atoms with E-state index in [0.717, 1.165) is 5.56 Å². The van der Waals surface area contributed by atoms with Crippen molar-refractivity contribution in [3.05, 3.63) is 45.6 Å².